The van der Waals surface area contributed by atoms with Gasteiger partial charge in [-0.05, 0) is 0 Å². The number of primary amides is 1. The van der Waals surface area contributed by atoms with E-state index in [4.69, 9.17) is 0 Å². The van der Waals surface area contributed by atoms with Crippen molar-refractivity contribution < 1.29 is 39.2 Å². The van der Waals surface area contributed by atoms with Crippen molar-refractivity contribution >= 4 is 25.8 Å². The molecule has 0 radical (unpaired) electrons. The Labute approximate surface area is 121 Å². The second kappa shape index (κ2) is 5.81. The molecule has 0 atom stereocenters. The van der Waals surface area contributed by atoms with Gasteiger partial charge in [0.1, 0.15) is 4.90 Å². The number of hydrogen-bond donors (Lipinski definition) is 2. The summed E-state index contributed by atoms with van der Waals surface area (Å²) in [6.07, 6.45) is -0.874. The van der Waals surface area contributed by atoms with Crippen LogP contribution in [-0.4, -0.2) is 28.5 Å². The minimum atomic E-state index is -5.20. The number of primary sulfonamides is 1. The van der Waals surface area contributed by atoms with Gasteiger partial charge in [0.05, 0.1) is 5.75 Å². The van der Waals surface area contributed by atoms with Crippen molar-refractivity contribution in [3.05, 3.63) is 23.3 Å². The molecule has 4 N–H and O–H groups in total. The van der Waals surface area contributed by atoms with Crippen LogP contribution in [0.25, 0.3) is 0 Å². The van der Waals surface area contributed by atoms with Gasteiger partial charge in [-0.15, -0.1) is 0 Å². The monoisotopic (exact) mass is 364 g/mol. The van der Waals surface area contributed by atoms with Gasteiger partial charge < -0.3 is 5.73 Å². The normalized spacial score (nSPS) is 12.4. The van der Waals surface area contributed by atoms with Crippen LogP contribution in [-0.2, 0) is 24.7 Å². The van der Waals surface area contributed by atoms with E-state index >= 15 is 0 Å². The van der Waals surface area contributed by atoms with Crippen molar-refractivity contribution in [2.75, 3.05) is 5.75 Å². The topological polar surface area (TPSA) is 137 Å². The van der Waals surface area contributed by atoms with E-state index in [1.54, 1.807) is 0 Å². The maximum Gasteiger partial charge on any atom is 0.244 e. The number of carbonyl (C=O) groups is 1. The van der Waals surface area contributed by atoms with Gasteiger partial charge >= 0.3 is 0 Å². The van der Waals surface area contributed by atoms with E-state index in [9.17, 15) is 39.2 Å². The molecule has 13 heteroatoms. The molecule has 124 valence electrons. The van der Waals surface area contributed by atoms with Crippen molar-refractivity contribution in [2.45, 2.75) is 16.2 Å². The van der Waals surface area contributed by atoms with Crippen molar-refractivity contribution in [3.8, 4) is 0 Å². The lowest BCUT2D eigenvalue weighted by atomic mass is 10.3. The van der Waals surface area contributed by atoms with Crippen molar-refractivity contribution in [1.82, 2.24) is 0 Å². The molecule has 0 aliphatic carbocycles. The van der Waals surface area contributed by atoms with E-state index in [0.29, 0.717) is 0 Å². The summed E-state index contributed by atoms with van der Waals surface area (Å²) in [6.45, 7) is 0. The molecule has 0 saturated heterocycles. The van der Waals surface area contributed by atoms with Gasteiger partial charge in [-0.2, -0.15) is 0 Å². The van der Waals surface area contributed by atoms with Crippen molar-refractivity contribution in [1.29, 1.82) is 0 Å². The summed E-state index contributed by atoms with van der Waals surface area (Å²) in [6, 6.07) is 0. The molecule has 0 spiro atoms. The first-order valence-electron chi connectivity index (χ1n) is 5.20. The van der Waals surface area contributed by atoms with Crippen LogP contribution in [0.5, 0.6) is 0 Å². The Hall–Kier alpha value is -1.73. The first-order valence-corrected chi connectivity index (χ1v) is 8.40. The third-order valence-electron chi connectivity index (χ3n) is 2.40. The number of sulfonamides is 1. The van der Waals surface area contributed by atoms with Gasteiger partial charge in [-0.25, -0.2) is 39.5 Å². The molecule has 0 saturated carbocycles. The highest BCUT2D eigenvalue weighted by Gasteiger charge is 2.36. The number of nitrogens with two attached hydrogens (primary N) is 2. The first-order chi connectivity index (χ1) is 9.80. The van der Waals surface area contributed by atoms with Crippen LogP contribution in [0, 0.1) is 23.3 Å². The standard InChI is InChI=1S/C9H8F4N2O5S2/c10-4-6(12)9(22(15,19)20)7(13)5(11)8(4)21(17,18)2-1-3(14)16/h1-2H2,(H2,14,16)(H2,15,19,20). The van der Waals surface area contributed by atoms with Crippen LogP contribution in [0.2, 0.25) is 0 Å². The van der Waals surface area contributed by atoms with Crippen LogP contribution < -0.4 is 10.9 Å². The molecule has 7 nitrogen and oxygen atoms in total. The van der Waals surface area contributed by atoms with Crippen LogP contribution in [0.4, 0.5) is 17.6 Å². The van der Waals surface area contributed by atoms with Crippen LogP contribution in [0.1, 0.15) is 6.42 Å². The highest BCUT2D eigenvalue weighted by Crippen LogP contribution is 2.30. The van der Waals surface area contributed by atoms with Gasteiger partial charge in [0.2, 0.25) is 15.9 Å². The number of carbonyl (C=O) groups excluding carboxylic acids is 1. The average molecular weight is 364 g/mol. The molecule has 1 aromatic rings. The Bertz CT molecular complexity index is 822. The third-order valence-corrected chi connectivity index (χ3v) is 5.05. The fraction of sp³-hybridized carbons (Fsp3) is 0.222. The third kappa shape index (κ3) is 3.36. The molecule has 1 aromatic carbocycles. The predicted molar refractivity (Wildman–Crippen MR) is 63.5 cm³/mol. The zero-order valence-corrected chi connectivity index (χ0v) is 12.1. The number of rotatable bonds is 5. The minimum Gasteiger partial charge on any atom is -0.370 e. The SMILES string of the molecule is NC(=O)CCS(=O)(=O)c1c(F)c(F)c(S(N)(=O)=O)c(F)c1F. The smallest absolute Gasteiger partial charge is 0.244 e. The molecule has 0 heterocycles. The Kier molecular flexibility index (Phi) is 4.84. The molecule has 0 unspecified atom stereocenters. The molecular formula is C9H8F4N2O5S2. The van der Waals surface area contributed by atoms with E-state index in [1.807, 2.05) is 0 Å². The van der Waals surface area contributed by atoms with Gasteiger partial charge in [0.25, 0.3) is 0 Å². The summed E-state index contributed by atoms with van der Waals surface area (Å²) in [5.41, 5.74) is 4.66. The van der Waals surface area contributed by atoms with E-state index < -0.39 is 71.0 Å². The fourth-order valence-electron chi connectivity index (χ4n) is 1.45. The second-order valence-corrected chi connectivity index (χ2v) is 7.54. The summed E-state index contributed by atoms with van der Waals surface area (Å²) < 4.78 is 99.5. The molecular weight excluding hydrogens is 356 g/mol. The summed E-state index contributed by atoms with van der Waals surface area (Å²) >= 11 is 0. The van der Waals surface area contributed by atoms with E-state index in [2.05, 4.69) is 10.9 Å². The average Bonchev–Trinajstić information content (AvgIpc) is 2.32. The summed E-state index contributed by atoms with van der Waals surface area (Å²) in [5, 5.41) is 4.40. The van der Waals surface area contributed by atoms with E-state index in [0.717, 1.165) is 0 Å². The molecule has 0 fully saturated rings. The van der Waals surface area contributed by atoms with Crippen LogP contribution in [0.3, 0.4) is 0 Å². The molecule has 0 aliphatic rings. The molecule has 0 aromatic heterocycles. The van der Waals surface area contributed by atoms with Crippen LogP contribution in [0.15, 0.2) is 9.79 Å². The Morgan fingerprint density at radius 2 is 1.23 bits per heavy atom. The maximum atomic E-state index is 13.7. The number of hydrogen-bond acceptors (Lipinski definition) is 5. The molecule has 1 amide bonds. The zero-order valence-electron chi connectivity index (χ0n) is 10.4. The lowest BCUT2D eigenvalue weighted by molar-refractivity contribution is -0.117. The maximum absolute atomic E-state index is 13.7. The largest absolute Gasteiger partial charge is 0.370 e. The van der Waals surface area contributed by atoms with Gasteiger partial charge in [-0.1, -0.05) is 0 Å². The van der Waals surface area contributed by atoms with Gasteiger partial charge in [0.15, 0.2) is 38.0 Å². The highest BCUT2D eigenvalue weighted by molar-refractivity contribution is 7.91. The van der Waals surface area contributed by atoms with E-state index in [-0.39, 0.29) is 0 Å². The summed E-state index contributed by atoms with van der Waals surface area (Å²) in [5.74, 6) is -12.3. The molecule has 0 bridgehead atoms. The molecule has 0 aliphatic heterocycles. The highest BCUT2D eigenvalue weighted by atomic mass is 32.2. The number of amides is 1. The molecule has 1 rings (SSSR count). The Morgan fingerprint density at radius 1 is 0.864 bits per heavy atom. The number of sulfone groups is 1. The Balaban J connectivity index is 3.71. The van der Waals surface area contributed by atoms with Crippen LogP contribution >= 0.6 is 0 Å². The van der Waals surface area contributed by atoms with Gasteiger partial charge in [0, 0.05) is 6.42 Å². The minimum absolute atomic E-state index is 0.874. The lowest BCUT2D eigenvalue weighted by Gasteiger charge is -2.11. The zero-order chi connectivity index (χ0) is 17.5. The predicted octanol–water partition coefficient (Wildman–Crippen LogP) is -0.461. The lowest BCUT2D eigenvalue weighted by Crippen LogP contribution is -2.23. The second-order valence-electron chi connectivity index (χ2n) is 3.99. The van der Waals surface area contributed by atoms with Gasteiger partial charge in [-0.3, -0.25) is 4.79 Å². The number of halogens is 4. The summed E-state index contributed by atoms with van der Waals surface area (Å²) in [4.78, 5) is 6.31. The fourth-order valence-corrected chi connectivity index (χ4v) is 3.53. The van der Waals surface area contributed by atoms with E-state index in [1.165, 1.54) is 0 Å². The number of benzene rings is 1. The molecule has 22 heavy (non-hydrogen) atoms. The first kappa shape index (κ1) is 18.3. The summed E-state index contributed by atoms with van der Waals surface area (Å²) in [7, 11) is -10.2. The van der Waals surface area contributed by atoms with Crippen molar-refractivity contribution in [2.24, 2.45) is 10.9 Å². The van der Waals surface area contributed by atoms with Crippen molar-refractivity contribution in [3.63, 3.8) is 0 Å². The Morgan fingerprint density at radius 3 is 1.55 bits per heavy atom. The quantitative estimate of drug-likeness (QED) is 0.538.